The van der Waals surface area contributed by atoms with E-state index in [1.807, 2.05) is 6.07 Å². The third-order valence-electron chi connectivity index (χ3n) is 7.32. The molecular weight excluding hydrogens is 613 g/mol. The monoisotopic (exact) mass is 636 g/mol. The first kappa shape index (κ1) is 31.4. The predicted molar refractivity (Wildman–Crippen MR) is 148 cm³/mol. The molecule has 2 N–H and O–H groups in total. The molecule has 3 aromatic heterocycles. The van der Waals surface area contributed by atoms with Gasteiger partial charge in [-0.25, -0.2) is 19.5 Å². The van der Waals surface area contributed by atoms with Crippen LogP contribution in [0.3, 0.4) is 0 Å². The van der Waals surface area contributed by atoms with Gasteiger partial charge in [0.2, 0.25) is 0 Å². The number of nitrogens with one attached hydrogen (secondary N) is 2. The van der Waals surface area contributed by atoms with Crippen molar-refractivity contribution in [3.8, 4) is 17.5 Å². The molecule has 4 heterocycles. The van der Waals surface area contributed by atoms with Crippen molar-refractivity contribution >= 4 is 22.3 Å². The van der Waals surface area contributed by atoms with Crippen molar-refractivity contribution in [1.82, 2.24) is 24.7 Å². The average Bonchev–Trinajstić information content (AvgIpc) is 2.92. The number of anilines is 2. The molecule has 1 atom stereocenters. The maximum atomic E-state index is 15.3. The maximum absolute atomic E-state index is 15.3. The summed E-state index contributed by atoms with van der Waals surface area (Å²) in [5.41, 5.74) is -5.16. The quantitative estimate of drug-likeness (QED) is 0.260. The van der Waals surface area contributed by atoms with Crippen LogP contribution in [0.4, 0.5) is 42.2 Å². The van der Waals surface area contributed by atoms with E-state index in [9.17, 15) is 35.9 Å². The Bertz CT molecular complexity index is 1910. The highest BCUT2D eigenvalue weighted by Crippen LogP contribution is 2.39. The number of hydrogen-bond donors (Lipinski definition) is 2. The number of fused-ring (bicyclic) bond motifs is 1. The molecule has 0 bridgehead atoms. The van der Waals surface area contributed by atoms with Crippen LogP contribution in [0.5, 0.6) is 0 Å². The minimum absolute atomic E-state index is 0.0129. The lowest BCUT2D eigenvalue weighted by Crippen LogP contribution is -2.47. The Morgan fingerprint density at radius 3 is 2.53 bits per heavy atom. The van der Waals surface area contributed by atoms with Crippen LogP contribution in [0.1, 0.15) is 30.9 Å². The summed E-state index contributed by atoms with van der Waals surface area (Å²) >= 11 is 0. The highest BCUT2D eigenvalue weighted by atomic mass is 19.4. The third-order valence-corrected chi connectivity index (χ3v) is 7.32. The number of nitrogens with zero attached hydrogens (tertiary/aromatic N) is 6. The lowest BCUT2D eigenvalue weighted by atomic mass is 10.0. The number of aryl methyl sites for hydroxylation is 1. The molecule has 0 saturated carbocycles. The summed E-state index contributed by atoms with van der Waals surface area (Å²) in [7, 11) is 0. The zero-order chi connectivity index (χ0) is 32.7. The van der Waals surface area contributed by atoms with E-state index in [4.69, 9.17) is 5.26 Å². The average molecular weight is 637 g/mol. The van der Waals surface area contributed by atoms with Crippen LogP contribution >= 0.6 is 0 Å². The Morgan fingerprint density at radius 2 is 1.87 bits per heavy atom. The van der Waals surface area contributed by atoms with Gasteiger partial charge < -0.3 is 14.8 Å². The zero-order valence-corrected chi connectivity index (χ0v) is 23.3. The smallest absolute Gasteiger partial charge is 0.381 e. The third kappa shape index (κ3) is 6.44. The van der Waals surface area contributed by atoms with Crippen molar-refractivity contribution < 1.29 is 30.7 Å². The standard InChI is InChI=1S/C28H23F7N8O2/c1-14(39-21-11-38-41-25(44)22(21)28(33,34)35)3-2-5-42-6-4-16-7-18(20(29)8-17(16)26(42)45)23-37-10-19(27(30,31)32)24(40-23)43-12-15(9-36)13-43/h4,6-8,10-11,14-15H,2-3,5,12-13H2,1H3,(H2,39,41,44)/t14-/m0/s1. The number of alkyl halides is 6. The fourth-order valence-corrected chi connectivity index (χ4v) is 5.02. The van der Waals surface area contributed by atoms with Crippen molar-refractivity contribution in [3.05, 3.63) is 74.4 Å². The molecule has 1 saturated heterocycles. The molecular formula is C28H23F7N8O2. The molecule has 17 heteroatoms. The molecule has 236 valence electrons. The Morgan fingerprint density at radius 1 is 1.13 bits per heavy atom. The fourth-order valence-electron chi connectivity index (χ4n) is 5.02. The van der Waals surface area contributed by atoms with Crippen LogP contribution in [0.25, 0.3) is 22.2 Å². The van der Waals surface area contributed by atoms with Gasteiger partial charge in [-0.15, -0.1) is 0 Å². The fraction of sp³-hybridized carbons (Fsp3) is 0.357. The largest absolute Gasteiger partial charge is 0.423 e. The van der Waals surface area contributed by atoms with Gasteiger partial charge in [-0.2, -0.15) is 36.7 Å². The van der Waals surface area contributed by atoms with Crippen LogP contribution in [0.2, 0.25) is 0 Å². The molecule has 1 fully saturated rings. The van der Waals surface area contributed by atoms with Crippen molar-refractivity contribution in [3.63, 3.8) is 0 Å². The van der Waals surface area contributed by atoms with Gasteiger partial charge in [0.1, 0.15) is 22.8 Å². The van der Waals surface area contributed by atoms with Gasteiger partial charge >= 0.3 is 12.4 Å². The number of pyridine rings is 1. The SMILES string of the molecule is C[C@@H](CCCn1ccc2cc(-c3ncc(C(F)(F)F)c(N4CC(C#N)C4)n3)c(F)cc2c1=O)Nc1cn[nH]c(=O)c1C(F)(F)F. The summed E-state index contributed by atoms with van der Waals surface area (Å²) in [5, 5.41) is 17.1. The van der Waals surface area contributed by atoms with E-state index in [1.54, 1.807) is 12.0 Å². The molecule has 1 aliphatic heterocycles. The first-order valence-electron chi connectivity index (χ1n) is 13.5. The van der Waals surface area contributed by atoms with Crippen LogP contribution in [0, 0.1) is 23.1 Å². The van der Waals surface area contributed by atoms with Gasteiger partial charge in [-0.3, -0.25) is 9.59 Å². The van der Waals surface area contributed by atoms with Gasteiger partial charge in [0.05, 0.1) is 34.8 Å². The van der Waals surface area contributed by atoms with Crippen LogP contribution < -0.4 is 21.3 Å². The van der Waals surface area contributed by atoms with Crippen LogP contribution in [0.15, 0.2) is 46.4 Å². The second-order valence-corrected chi connectivity index (χ2v) is 10.6. The number of nitriles is 1. The second kappa shape index (κ2) is 11.8. The minimum Gasteiger partial charge on any atom is -0.381 e. The summed E-state index contributed by atoms with van der Waals surface area (Å²) in [5.74, 6) is -2.19. The number of H-pyrrole nitrogens is 1. The number of aromatic amines is 1. The van der Waals surface area contributed by atoms with E-state index in [-0.39, 0.29) is 41.8 Å². The second-order valence-electron chi connectivity index (χ2n) is 10.6. The molecule has 4 aromatic rings. The zero-order valence-electron chi connectivity index (χ0n) is 23.3. The lowest BCUT2D eigenvalue weighted by Gasteiger charge is -2.37. The van der Waals surface area contributed by atoms with E-state index in [0.717, 1.165) is 12.3 Å². The molecule has 1 aromatic carbocycles. The van der Waals surface area contributed by atoms with Crippen molar-refractivity contribution in [2.75, 3.05) is 23.3 Å². The van der Waals surface area contributed by atoms with Gasteiger partial charge in [0.15, 0.2) is 5.82 Å². The summed E-state index contributed by atoms with van der Waals surface area (Å²) in [6.45, 7) is 1.79. The van der Waals surface area contributed by atoms with Crippen molar-refractivity contribution in [1.29, 1.82) is 5.26 Å². The Hall–Kier alpha value is -5.01. The highest BCUT2D eigenvalue weighted by molar-refractivity contribution is 5.86. The van der Waals surface area contributed by atoms with Crippen molar-refractivity contribution in [2.45, 2.75) is 44.7 Å². The highest BCUT2D eigenvalue weighted by Gasteiger charge is 2.40. The normalized spacial score (nSPS) is 14.7. The summed E-state index contributed by atoms with van der Waals surface area (Å²) in [6.07, 6.45) is -6.20. The first-order chi connectivity index (χ1) is 21.2. The molecule has 10 nitrogen and oxygen atoms in total. The van der Waals surface area contributed by atoms with Crippen LogP contribution in [-0.2, 0) is 18.9 Å². The van der Waals surface area contributed by atoms with Crippen molar-refractivity contribution in [2.24, 2.45) is 5.92 Å². The topological polar surface area (TPSA) is 133 Å². The summed E-state index contributed by atoms with van der Waals surface area (Å²) < 4.78 is 97.3. The molecule has 0 aliphatic carbocycles. The van der Waals surface area contributed by atoms with E-state index in [0.29, 0.717) is 19.0 Å². The Kier molecular flexibility index (Phi) is 8.25. The maximum Gasteiger partial charge on any atom is 0.423 e. The molecule has 0 radical (unpaired) electrons. The number of aromatic nitrogens is 5. The lowest BCUT2D eigenvalue weighted by molar-refractivity contribution is -0.138. The summed E-state index contributed by atoms with van der Waals surface area (Å²) in [4.78, 5) is 33.8. The molecule has 45 heavy (non-hydrogen) atoms. The first-order valence-corrected chi connectivity index (χ1v) is 13.5. The molecule has 0 spiro atoms. The Balaban J connectivity index is 1.34. The molecule has 0 unspecified atom stereocenters. The van der Waals surface area contributed by atoms with E-state index < -0.39 is 63.9 Å². The predicted octanol–water partition coefficient (Wildman–Crippen LogP) is 4.96. The van der Waals surface area contributed by atoms with E-state index in [2.05, 4.69) is 20.4 Å². The number of hydrogen-bond acceptors (Lipinski definition) is 8. The van der Waals surface area contributed by atoms with E-state index >= 15 is 4.39 Å². The van der Waals surface area contributed by atoms with Gasteiger partial charge in [-0.1, -0.05) is 0 Å². The number of halogens is 7. The molecule has 1 aliphatic rings. The van der Waals surface area contributed by atoms with E-state index in [1.165, 1.54) is 27.8 Å². The Labute approximate surface area is 249 Å². The van der Waals surface area contributed by atoms with Gasteiger partial charge in [0.25, 0.3) is 11.1 Å². The van der Waals surface area contributed by atoms with Gasteiger partial charge in [0, 0.05) is 38.1 Å². The van der Waals surface area contributed by atoms with Crippen LogP contribution in [-0.4, -0.2) is 43.9 Å². The number of rotatable bonds is 8. The molecule has 5 rings (SSSR count). The van der Waals surface area contributed by atoms with Gasteiger partial charge in [-0.05, 0) is 43.4 Å². The number of benzene rings is 1. The summed E-state index contributed by atoms with van der Waals surface area (Å²) in [6, 6.07) is 5.15. The minimum atomic E-state index is -4.90. The molecule has 0 amide bonds.